The molecule has 0 saturated carbocycles. The number of aromatic nitrogens is 1. The molecule has 0 aliphatic rings. The number of carbonyl (C=O) groups is 2. The summed E-state index contributed by atoms with van der Waals surface area (Å²) >= 11 is 17.3. The molecule has 0 unspecified atom stereocenters. The smallest absolute Gasteiger partial charge is 0.343 e. The summed E-state index contributed by atoms with van der Waals surface area (Å²) in [7, 11) is 0. The van der Waals surface area contributed by atoms with E-state index in [2.05, 4.69) is 4.98 Å². The van der Waals surface area contributed by atoms with Crippen molar-refractivity contribution in [1.82, 2.24) is 4.98 Å². The van der Waals surface area contributed by atoms with Gasteiger partial charge in [-0.3, -0.25) is 4.79 Å². The van der Waals surface area contributed by atoms with E-state index in [1.54, 1.807) is 13.8 Å². The van der Waals surface area contributed by atoms with Gasteiger partial charge < -0.3 is 9.84 Å². The van der Waals surface area contributed by atoms with Gasteiger partial charge in [-0.15, -0.1) is 0 Å². The second kappa shape index (κ2) is 7.64. The monoisotopic (exact) mass is 351 g/mol. The van der Waals surface area contributed by atoms with Gasteiger partial charge in [-0.25, -0.2) is 9.78 Å². The zero-order valence-corrected chi connectivity index (χ0v) is 13.5. The van der Waals surface area contributed by atoms with Gasteiger partial charge in [0.2, 0.25) is 5.78 Å². The number of carbonyl (C=O) groups excluding carboxylic acids is 1. The number of hydrogen-bond donors (Lipinski definition) is 1. The molecule has 1 aromatic heterocycles. The molecule has 0 aliphatic heterocycles. The molecule has 0 radical (unpaired) electrons. The Morgan fingerprint density at radius 3 is 2.33 bits per heavy atom. The first-order valence-corrected chi connectivity index (χ1v) is 7.12. The second-order valence-electron chi connectivity index (χ2n) is 3.82. The molecule has 21 heavy (non-hydrogen) atoms. The summed E-state index contributed by atoms with van der Waals surface area (Å²) in [5.74, 6) is -2.17. The molecule has 0 spiro atoms. The van der Waals surface area contributed by atoms with Crippen molar-refractivity contribution in [2.75, 3.05) is 6.61 Å². The number of allylic oxidation sites excluding steroid dienone is 1. The first kappa shape index (κ1) is 17.8. The number of rotatable bonds is 6. The minimum atomic E-state index is -1.41. The van der Waals surface area contributed by atoms with E-state index in [4.69, 9.17) is 39.5 Å². The summed E-state index contributed by atoms with van der Waals surface area (Å²) in [4.78, 5) is 27.5. The van der Waals surface area contributed by atoms with Crippen LogP contribution in [0.25, 0.3) is 0 Å². The zero-order chi connectivity index (χ0) is 16.2. The van der Waals surface area contributed by atoms with Crippen molar-refractivity contribution in [1.29, 1.82) is 0 Å². The summed E-state index contributed by atoms with van der Waals surface area (Å²) in [5.41, 5.74) is -0.643. The molecule has 0 aromatic carbocycles. The maximum absolute atomic E-state index is 12.4. The van der Waals surface area contributed by atoms with E-state index < -0.39 is 17.3 Å². The molecular weight excluding hydrogens is 341 g/mol. The minimum absolute atomic E-state index is 0.00335. The predicted octanol–water partition coefficient (Wildman–Crippen LogP) is 4.01. The first-order chi connectivity index (χ1) is 9.83. The van der Waals surface area contributed by atoms with Crippen LogP contribution in [0.2, 0.25) is 15.3 Å². The van der Waals surface area contributed by atoms with Crippen LogP contribution in [0.15, 0.2) is 17.4 Å². The van der Waals surface area contributed by atoms with Crippen molar-refractivity contribution >= 4 is 46.6 Å². The van der Waals surface area contributed by atoms with Crippen LogP contribution in [0.5, 0.6) is 0 Å². The van der Waals surface area contributed by atoms with Gasteiger partial charge in [0.15, 0.2) is 0 Å². The number of carboxylic acids is 1. The van der Waals surface area contributed by atoms with Crippen LogP contribution in [0.3, 0.4) is 0 Å². The molecule has 0 saturated heterocycles. The van der Waals surface area contributed by atoms with Crippen molar-refractivity contribution in [3.8, 4) is 0 Å². The average molecular weight is 353 g/mol. The summed E-state index contributed by atoms with van der Waals surface area (Å²) in [5, 5.41) is 8.98. The Balaban J connectivity index is 3.44. The zero-order valence-electron chi connectivity index (χ0n) is 11.2. The molecule has 5 nitrogen and oxygen atoms in total. The fourth-order valence-corrected chi connectivity index (χ4v) is 2.17. The number of halogens is 3. The highest BCUT2D eigenvalue weighted by atomic mass is 35.5. The SMILES string of the molecule is CCO/C(CC)=C(\C(=O)O)C(=O)c1cc(Cl)c(Cl)nc1Cl. The Morgan fingerprint density at radius 2 is 1.86 bits per heavy atom. The molecule has 0 bridgehead atoms. The fourth-order valence-electron chi connectivity index (χ4n) is 1.61. The lowest BCUT2D eigenvalue weighted by molar-refractivity contribution is -0.132. The topological polar surface area (TPSA) is 76.5 Å². The second-order valence-corrected chi connectivity index (χ2v) is 4.94. The van der Waals surface area contributed by atoms with Crippen molar-refractivity contribution < 1.29 is 19.4 Å². The fraction of sp³-hybridized carbons (Fsp3) is 0.308. The van der Waals surface area contributed by atoms with Crippen molar-refractivity contribution in [2.45, 2.75) is 20.3 Å². The Labute approximate surface area is 136 Å². The molecule has 0 amide bonds. The van der Waals surface area contributed by atoms with Crippen LogP contribution in [0, 0.1) is 0 Å². The molecule has 8 heteroatoms. The lowest BCUT2D eigenvalue weighted by Gasteiger charge is -2.11. The quantitative estimate of drug-likeness (QED) is 0.209. The summed E-state index contributed by atoms with van der Waals surface area (Å²) in [6, 6.07) is 1.18. The maximum atomic E-state index is 12.4. The van der Waals surface area contributed by atoms with Gasteiger partial charge in [0.25, 0.3) is 0 Å². The maximum Gasteiger partial charge on any atom is 0.343 e. The van der Waals surface area contributed by atoms with Gasteiger partial charge in [0.05, 0.1) is 17.2 Å². The Kier molecular flexibility index (Phi) is 6.45. The summed E-state index contributed by atoms with van der Waals surface area (Å²) in [6.07, 6.45) is 0.244. The molecule has 0 aliphatic carbocycles. The summed E-state index contributed by atoms with van der Waals surface area (Å²) < 4.78 is 5.21. The van der Waals surface area contributed by atoms with E-state index in [1.165, 1.54) is 6.07 Å². The normalized spacial score (nSPS) is 11.9. The van der Waals surface area contributed by atoms with Crippen LogP contribution in [-0.2, 0) is 9.53 Å². The van der Waals surface area contributed by atoms with Crippen LogP contribution < -0.4 is 0 Å². The number of hydrogen-bond acceptors (Lipinski definition) is 4. The van der Waals surface area contributed by atoms with E-state index >= 15 is 0 Å². The van der Waals surface area contributed by atoms with Gasteiger partial charge in [0.1, 0.15) is 21.6 Å². The standard InChI is InChI=1S/C13H12Cl3NO4/c1-3-8(21-4-2)9(13(19)20)10(18)6-5-7(14)12(16)17-11(6)15/h5H,3-4H2,1-2H3,(H,19,20)/b9-8-. The molecule has 1 N–H and O–H groups in total. The molecule has 1 rings (SSSR count). The third kappa shape index (κ3) is 4.09. The van der Waals surface area contributed by atoms with Crippen LogP contribution in [0.1, 0.15) is 30.6 Å². The van der Waals surface area contributed by atoms with Crippen molar-refractivity contribution in [2.24, 2.45) is 0 Å². The van der Waals surface area contributed by atoms with Gasteiger partial charge in [0, 0.05) is 6.42 Å². The molecular formula is C13H12Cl3NO4. The largest absolute Gasteiger partial charge is 0.497 e. The Hall–Kier alpha value is -1.30. The predicted molar refractivity (Wildman–Crippen MR) is 80.2 cm³/mol. The summed E-state index contributed by atoms with van der Waals surface area (Å²) in [6.45, 7) is 3.60. The third-order valence-electron chi connectivity index (χ3n) is 2.49. The lowest BCUT2D eigenvalue weighted by atomic mass is 10.0. The van der Waals surface area contributed by atoms with Crippen molar-refractivity contribution in [3.63, 3.8) is 0 Å². The highest BCUT2D eigenvalue weighted by Crippen LogP contribution is 2.28. The number of aliphatic carboxylic acids is 1. The molecule has 114 valence electrons. The Morgan fingerprint density at radius 1 is 1.24 bits per heavy atom. The number of nitrogens with zero attached hydrogens (tertiary/aromatic N) is 1. The molecule has 0 atom stereocenters. The number of ether oxygens (including phenoxy) is 1. The third-order valence-corrected chi connectivity index (χ3v) is 3.45. The Bertz CT molecular complexity index is 614. The lowest BCUT2D eigenvalue weighted by Crippen LogP contribution is -2.17. The highest BCUT2D eigenvalue weighted by Gasteiger charge is 2.27. The molecule has 1 aromatic rings. The van der Waals surface area contributed by atoms with E-state index in [1.807, 2.05) is 0 Å². The van der Waals surface area contributed by atoms with Crippen LogP contribution >= 0.6 is 34.8 Å². The minimum Gasteiger partial charge on any atom is -0.497 e. The first-order valence-electron chi connectivity index (χ1n) is 5.98. The molecule has 0 fully saturated rings. The highest BCUT2D eigenvalue weighted by molar-refractivity contribution is 6.43. The van der Waals surface area contributed by atoms with Crippen LogP contribution in [-0.4, -0.2) is 28.4 Å². The van der Waals surface area contributed by atoms with E-state index in [9.17, 15) is 14.7 Å². The van der Waals surface area contributed by atoms with E-state index in [0.717, 1.165) is 0 Å². The van der Waals surface area contributed by atoms with Gasteiger partial charge in [-0.1, -0.05) is 41.7 Å². The van der Waals surface area contributed by atoms with E-state index in [-0.39, 0.29) is 39.7 Å². The van der Waals surface area contributed by atoms with E-state index in [0.29, 0.717) is 0 Å². The van der Waals surface area contributed by atoms with Gasteiger partial charge in [-0.2, -0.15) is 0 Å². The number of ketones is 1. The number of Topliss-reactive ketones (excluding diaryl/α,β-unsaturated/α-hetero) is 1. The number of carboxylic acid groups (broad SMARTS) is 1. The van der Waals surface area contributed by atoms with Gasteiger partial charge >= 0.3 is 5.97 Å². The van der Waals surface area contributed by atoms with Gasteiger partial charge in [-0.05, 0) is 13.0 Å². The average Bonchev–Trinajstić information content (AvgIpc) is 2.41. The molecule has 1 heterocycles. The number of pyridine rings is 1. The van der Waals surface area contributed by atoms with Crippen LogP contribution in [0.4, 0.5) is 0 Å². The van der Waals surface area contributed by atoms with Crippen molar-refractivity contribution in [3.05, 3.63) is 38.3 Å².